The van der Waals surface area contributed by atoms with Crippen LogP contribution in [0.25, 0.3) is 11.4 Å². The molecule has 3 aromatic rings. The fourth-order valence-electron chi connectivity index (χ4n) is 3.88. The second-order valence-corrected chi connectivity index (χ2v) is 7.00. The molecule has 0 fully saturated rings. The summed E-state index contributed by atoms with van der Waals surface area (Å²) >= 11 is 0. The number of aromatic hydroxyl groups is 1. The quantitative estimate of drug-likeness (QED) is 0.711. The summed E-state index contributed by atoms with van der Waals surface area (Å²) in [5, 5.41) is 17.8. The predicted molar refractivity (Wildman–Crippen MR) is 101 cm³/mol. The van der Waals surface area contributed by atoms with Crippen molar-refractivity contribution in [1.82, 2.24) is 14.8 Å². The second kappa shape index (κ2) is 6.30. The maximum Gasteiger partial charge on any atom is 0.226 e. The molecule has 2 aromatic carbocycles. The molecule has 1 atom stereocenters. The molecule has 2 aliphatic rings. The van der Waals surface area contributed by atoms with Crippen molar-refractivity contribution in [3.63, 3.8) is 0 Å². The third kappa shape index (κ3) is 2.67. The lowest BCUT2D eigenvalue weighted by Gasteiger charge is -2.32. The number of aromatic nitrogens is 3. The number of rotatable bonds is 2. The molecule has 28 heavy (non-hydrogen) atoms. The molecule has 1 aliphatic carbocycles. The Hall–Kier alpha value is -3.48. The zero-order chi connectivity index (χ0) is 19.3. The van der Waals surface area contributed by atoms with Crippen molar-refractivity contribution >= 4 is 11.7 Å². The van der Waals surface area contributed by atoms with E-state index in [9.17, 15) is 14.3 Å². The number of anilines is 1. The molecule has 2 heterocycles. The maximum atomic E-state index is 13.3. The lowest BCUT2D eigenvalue weighted by Crippen LogP contribution is -2.31. The van der Waals surface area contributed by atoms with Crippen LogP contribution in [0.2, 0.25) is 0 Å². The number of allylic oxidation sites excluding steroid dienone is 2. The van der Waals surface area contributed by atoms with Crippen molar-refractivity contribution in [2.75, 3.05) is 5.32 Å². The summed E-state index contributed by atoms with van der Waals surface area (Å²) in [6.45, 7) is 0. The molecule has 140 valence electrons. The number of Topliss-reactive ketones (excluding diaryl/α,β-unsaturated/α-hetero) is 1. The van der Waals surface area contributed by atoms with Crippen LogP contribution < -0.4 is 5.32 Å². The highest BCUT2D eigenvalue weighted by atomic mass is 19.1. The zero-order valence-corrected chi connectivity index (χ0v) is 14.9. The van der Waals surface area contributed by atoms with Crippen LogP contribution in [0, 0.1) is 5.82 Å². The molecule has 1 unspecified atom stereocenters. The Bertz CT molecular complexity index is 1120. The first-order valence-corrected chi connectivity index (χ1v) is 9.15. The van der Waals surface area contributed by atoms with E-state index in [2.05, 4.69) is 15.4 Å². The Labute approximate surface area is 160 Å². The first kappa shape index (κ1) is 16.7. The Morgan fingerprint density at radius 2 is 1.96 bits per heavy atom. The van der Waals surface area contributed by atoms with Gasteiger partial charge in [0, 0.05) is 23.3 Å². The Balaban J connectivity index is 1.68. The number of benzene rings is 2. The van der Waals surface area contributed by atoms with Gasteiger partial charge in [-0.1, -0.05) is 12.1 Å². The Morgan fingerprint density at radius 1 is 1.14 bits per heavy atom. The molecule has 0 saturated heterocycles. The topological polar surface area (TPSA) is 80.0 Å². The van der Waals surface area contributed by atoms with Crippen molar-refractivity contribution < 1.29 is 14.3 Å². The van der Waals surface area contributed by atoms with Crippen molar-refractivity contribution in [2.24, 2.45) is 0 Å². The van der Waals surface area contributed by atoms with Crippen LogP contribution in [-0.2, 0) is 4.79 Å². The van der Waals surface area contributed by atoms with Crippen LogP contribution in [0.5, 0.6) is 5.75 Å². The number of halogens is 1. The van der Waals surface area contributed by atoms with E-state index < -0.39 is 6.04 Å². The van der Waals surface area contributed by atoms with E-state index in [1.807, 2.05) is 6.07 Å². The summed E-state index contributed by atoms with van der Waals surface area (Å²) in [4.78, 5) is 17.3. The predicted octanol–water partition coefficient (Wildman–Crippen LogP) is 3.81. The van der Waals surface area contributed by atoms with Gasteiger partial charge in [0.1, 0.15) is 17.6 Å². The molecule has 5 rings (SSSR count). The number of carbonyl (C=O) groups is 1. The molecule has 6 nitrogen and oxygen atoms in total. The van der Waals surface area contributed by atoms with Crippen LogP contribution in [0.15, 0.2) is 59.8 Å². The van der Waals surface area contributed by atoms with Gasteiger partial charge >= 0.3 is 0 Å². The summed E-state index contributed by atoms with van der Waals surface area (Å²) in [6.07, 6.45) is 2.04. The van der Waals surface area contributed by atoms with E-state index in [-0.39, 0.29) is 17.3 Å². The van der Waals surface area contributed by atoms with E-state index in [4.69, 9.17) is 0 Å². The number of hydrogen-bond acceptors (Lipinski definition) is 5. The van der Waals surface area contributed by atoms with Crippen LogP contribution >= 0.6 is 0 Å². The molecule has 7 heteroatoms. The highest BCUT2D eigenvalue weighted by Crippen LogP contribution is 2.41. The average Bonchev–Trinajstić information content (AvgIpc) is 3.10. The normalized spacial score (nSPS) is 18.5. The summed E-state index contributed by atoms with van der Waals surface area (Å²) in [5.74, 6) is 0.848. The molecule has 0 amide bonds. The number of phenols is 1. The summed E-state index contributed by atoms with van der Waals surface area (Å²) < 4.78 is 14.9. The minimum absolute atomic E-state index is 0.0755. The number of nitrogens with one attached hydrogen (secondary N) is 1. The van der Waals surface area contributed by atoms with Crippen molar-refractivity contribution in [3.8, 4) is 17.1 Å². The van der Waals surface area contributed by atoms with E-state index in [1.54, 1.807) is 35.0 Å². The van der Waals surface area contributed by atoms with Gasteiger partial charge in [-0.2, -0.15) is 4.98 Å². The van der Waals surface area contributed by atoms with Gasteiger partial charge in [-0.3, -0.25) is 4.79 Å². The van der Waals surface area contributed by atoms with Gasteiger partial charge in [0.2, 0.25) is 5.95 Å². The molecular formula is C21H17FN4O2. The fourth-order valence-corrected chi connectivity index (χ4v) is 3.88. The molecule has 0 radical (unpaired) electrons. The molecule has 0 spiro atoms. The zero-order valence-electron chi connectivity index (χ0n) is 14.9. The fraction of sp³-hybridized carbons (Fsp3) is 0.190. The Kier molecular flexibility index (Phi) is 3.75. The van der Waals surface area contributed by atoms with Crippen molar-refractivity contribution in [1.29, 1.82) is 0 Å². The number of carbonyl (C=O) groups excluding carboxylic acids is 1. The number of hydrogen-bond donors (Lipinski definition) is 2. The van der Waals surface area contributed by atoms with E-state index in [0.717, 1.165) is 24.1 Å². The van der Waals surface area contributed by atoms with E-state index >= 15 is 0 Å². The highest BCUT2D eigenvalue weighted by molar-refractivity contribution is 5.99. The first-order valence-electron chi connectivity index (χ1n) is 9.15. The number of ketones is 1. The molecular weight excluding hydrogens is 359 g/mol. The third-order valence-electron chi connectivity index (χ3n) is 5.16. The van der Waals surface area contributed by atoms with Crippen LogP contribution in [-0.4, -0.2) is 25.7 Å². The second-order valence-electron chi connectivity index (χ2n) is 7.00. The lowest BCUT2D eigenvalue weighted by atomic mass is 9.85. The first-order chi connectivity index (χ1) is 13.6. The van der Waals surface area contributed by atoms with Gasteiger partial charge < -0.3 is 10.4 Å². The van der Waals surface area contributed by atoms with Crippen LogP contribution in [0.3, 0.4) is 0 Å². The van der Waals surface area contributed by atoms with Crippen molar-refractivity contribution in [3.05, 3.63) is 71.2 Å². The van der Waals surface area contributed by atoms with Gasteiger partial charge in [0.05, 0.1) is 0 Å². The minimum Gasteiger partial charge on any atom is -0.508 e. The largest absolute Gasteiger partial charge is 0.508 e. The smallest absolute Gasteiger partial charge is 0.226 e. The third-order valence-corrected chi connectivity index (χ3v) is 5.16. The monoisotopic (exact) mass is 376 g/mol. The van der Waals surface area contributed by atoms with Crippen molar-refractivity contribution in [2.45, 2.75) is 25.3 Å². The van der Waals surface area contributed by atoms with Crippen LogP contribution in [0.1, 0.15) is 30.9 Å². The molecule has 1 aromatic heterocycles. The van der Waals surface area contributed by atoms with Gasteiger partial charge in [-0.25, -0.2) is 9.07 Å². The molecule has 0 saturated carbocycles. The number of phenolic OH excluding ortho intramolecular Hbond substituents is 1. The minimum atomic E-state index is -0.465. The van der Waals surface area contributed by atoms with Gasteiger partial charge in [0.25, 0.3) is 0 Å². The highest BCUT2D eigenvalue weighted by Gasteiger charge is 2.37. The number of nitrogens with zero attached hydrogens (tertiary/aromatic N) is 3. The Morgan fingerprint density at radius 3 is 2.75 bits per heavy atom. The summed E-state index contributed by atoms with van der Waals surface area (Å²) in [5.41, 5.74) is 2.97. The van der Waals surface area contributed by atoms with Crippen LogP contribution in [0.4, 0.5) is 10.3 Å². The van der Waals surface area contributed by atoms with E-state index in [0.29, 0.717) is 29.3 Å². The van der Waals surface area contributed by atoms with Gasteiger partial charge in [-0.05, 0) is 54.8 Å². The molecule has 1 aliphatic heterocycles. The van der Waals surface area contributed by atoms with E-state index in [1.165, 1.54) is 12.1 Å². The molecule has 0 bridgehead atoms. The van der Waals surface area contributed by atoms with Gasteiger partial charge in [-0.15, -0.1) is 5.10 Å². The molecule has 2 N–H and O–H groups in total. The standard InChI is InChI=1S/C21H17FN4O2/c22-14-9-7-12(8-10-14)20-24-21-23-16-5-2-6-17(28)18(16)19(26(21)25-20)13-3-1-4-15(27)11-13/h1,3-4,7-11,19,27H,2,5-6H2,(H,23,24,25). The SMILES string of the molecule is O=C1CCCC2=C1C(c1cccc(O)c1)n1nc(-c3ccc(F)cc3)nc1N2. The average molecular weight is 376 g/mol. The summed E-state index contributed by atoms with van der Waals surface area (Å²) in [7, 11) is 0. The number of fused-ring (bicyclic) bond motifs is 1. The maximum absolute atomic E-state index is 13.3. The summed E-state index contributed by atoms with van der Waals surface area (Å²) in [6, 6.07) is 12.4. The lowest BCUT2D eigenvalue weighted by molar-refractivity contribution is -0.116. The van der Waals surface area contributed by atoms with Gasteiger partial charge in [0.15, 0.2) is 11.6 Å².